The molecule has 0 saturated carbocycles. The summed E-state index contributed by atoms with van der Waals surface area (Å²) in [6.07, 6.45) is 10.8. The minimum absolute atomic E-state index is 0.0247. The van der Waals surface area contributed by atoms with Gasteiger partial charge in [0.25, 0.3) is 0 Å². The minimum atomic E-state index is 0.0247. The normalized spacial score (nSPS) is 11.0. The van der Waals surface area contributed by atoms with Gasteiger partial charge in [-0.05, 0) is 11.6 Å². The largest absolute Gasteiger partial charge is 0.394 e. The minimum Gasteiger partial charge on any atom is -0.394 e. The van der Waals surface area contributed by atoms with Crippen molar-refractivity contribution in [3.05, 3.63) is 54.9 Å². The summed E-state index contributed by atoms with van der Waals surface area (Å²) in [6.45, 7) is 0.999. The number of aromatic nitrogens is 6. The van der Waals surface area contributed by atoms with Crippen LogP contribution in [0.3, 0.4) is 0 Å². The molecule has 4 rings (SSSR count). The average Bonchev–Trinajstić information content (AvgIpc) is 3.35. The van der Waals surface area contributed by atoms with E-state index in [1.807, 2.05) is 35.1 Å². The zero-order chi connectivity index (χ0) is 18.6. The topological polar surface area (TPSA) is 131 Å². The molecule has 0 amide bonds. The molecule has 4 aromatic heterocycles. The maximum atomic E-state index is 9.02. The Hall–Kier alpha value is -3.50. The highest BCUT2D eigenvalue weighted by atomic mass is 16.3. The van der Waals surface area contributed by atoms with Crippen molar-refractivity contribution in [2.75, 3.05) is 17.3 Å². The molecule has 0 spiro atoms. The van der Waals surface area contributed by atoms with E-state index in [1.165, 1.54) is 0 Å². The third kappa shape index (κ3) is 3.57. The van der Waals surface area contributed by atoms with E-state index < -0.39 is 0 Å². The lowest BCUT2D eigenvalue weighted by molar-refractivity contribution is 0.269. The number of nitrogens with zero attached hydrogens (tertiary/aromatic N) is 6. The Kier molecular flexibility index (Phi) is 4.64. The number of nitrogen functional groups attached to an aromatic ring is 1. The van der Waals surface area contributed by atoms with Gasteiger partial charge in [-0.1, -0.05) is 6.07 Å². The number of hydrogen-bond donors (Lipinski definition) is 4. The SMILES string of the molecule is NNc1ncc(-c2cnn(CCO)c2)nc1NCc1ccc2nccn2c1. The van der Waals surface area contributed by atoms with Crippen LogP contribution in [-0.2, 0) is 13.1 Å². The van der Waals surface area contributed by atoms with Crippen LogP contribution in [0, 0.1) is 0 Å². The molecule has 10 heteroatoms. The molecule has 5 N–H and O–H groups in total. The van der Waals surface area contributed by atoms with Crippen molar-refractivity contribution in [2.24, 2.45) is 5.84 Å². The number of imidazole rings is 1. The van der Waals surface area contributed by atoms with Crippen LogP contribution in [0.15, 0.2) is 49.3 Å². The second kappa shape index (κ2) is 7.40. The predicted octanol–water partition coefficient (Wildman–Crippen LogP) is 0.878. The van der Waals surface area contributed by atoms with Crippen molar-refractivity contribution < 1.29 is 5.11 Å². The lowest BCUT2D eigenvalue weighted by atomic mass is 10.2. The molecule has 0 saturated heterocycles. The lowest BCUT2D eigenvalue weighted by Gasteiger charge is -2.11. The highest BCUT2D eigenvalue weighted by Gasteiger charge is 2.10. The fourth-order valence-corrected chi connectivity index (χ4v) is 2.73. The summed E-state index contributed by atoms with van der Waals surface area (Å²) >= 11 is 0. The van der Waals surface area contributed by atoms with Crippen LogP contribution in [0.4, 0.5) is 11.6 Å². The first-order valence-corrected chi connectivity index (χ1v) is 8.39. The van der Waals surface area contributed by atoms with Gasteiger partial charge < -0.3 is 20.2 Å². The van der Waals surface area contributed by atoms with Gasteiger partial charge in [0.05, 0.1) is 31.2 Å². The molecule has 4 aromatic rings. The molecule has 0 bridgehead atoms. The van der Waals surface area contributed by atoms with Crippen LogP contribution in [0.5, 0.6) is 0 Å². The van der Waals surface area contributed by atoms with Crippen LogP contribution >= 0.6 is 0 Å². The summed E-state index contributed by atoms with van der Waals surface area (Å²) in [7, 11) is 0. The van der Waals surface area contributed by atoms with E-state index in [2.05, 4.69) is 30.8 Å². The fraction of sp³-hybridized carbons (Fsp3) is 0.176. The number of nitrogens with one attached hydrogen (secondary N) is 2. The molecule has 27 heavy (non-hydrogen) atoms. The number of anilines is 2. The van der Waals surface area contributed by atoms with Gasteiger partial charge in [0, 0.05) is 36.9 Å². The van der Waals surface area contributed by atoms with Crippen molar-refractivity contribution in [2.45, 2.75) is 13.1 Å². The molecule has 10 nitrogen and oxygen atoms in total. The van der Waals surface area contributed by atoms with Gasteiger partial charge in [-0.15, -0.1) is 0 Å². The van der Waals surface area contributed by atoms with E-state index in [0.29, 0.717) is 30.4 Å². The van der Waals surface area contributed by atoms with E-state index in [1.54, 1.807) is 23.3 Å². The van der Waals surface area contributed by atoms with E-state index in [4.69, 9.17) is 10.9 Å². The van der Waals surface area contributed by atoms with E-state index in [9.17, 15) is 0 Å². The Morgan fingerprint density at radius 3 is 2.89 bits per heavy atom. The quantitative estimate of drug-likeness (QED) is 0.280. The van der Waals surface area contributed by atoms with Gasteiger partial charge in [-0.25, -0.2) is 20.8 Å². The molecule has 0 radical (unpaired) electrons. The summed E-state index contributed by atoms with van der Waals surface area (Å²) in [5, 5.41) is 16.5. The van der Waals surface area contributed by atoms with Crippen LogP contribution in [0.1, 0.15) is 5.56 Å². The molecule has 4 heterocycles. The number of fused-ring (bicyclic) bond motifs is 1. The van der Waals surface area contributed by atoms with Crippen LogP contribution in [0.2, 0.25) is 0 Å². The van der Waals surface area contributed by atoms with Crippen molar-refractivity contribution in [3.63, 3.8) is 0 Å². The van der Waals surface area contributed by atoms with E-state index in [-0.39, 0.29) is 6.61 Å². The second-order valence-corrected chi connectivity index (χ2v) is 5.90. The van der Waals surface area contributed by atoms with E-state index in [0.717, 1.165) is 16.8 Å². The molecule has 0 aliphatic rings. The van der Waals surface area contributed by atoms with Gasteiger partial charge >= 0.3 is 0 Å². The highest BCUT2D eigenvalue weighted by Crippen LogP contribution is 2.22. The lowest BCUT2D eigenvalue weighted by Crippen LogP contribution is -2.13. The van der Waals surface area contributed by atoms with Gasteiger partial charge in [0.15, 0.2) is 11.6 Å². The maximum Gasteiger partial charge on any atom is 0.183 e. The Morgan fingerprint density at radius 2 is 2.04 bits per heavy atom. The molecule has 138 valence electrons. The number of rotatable bonds is 7. The van der Waals surface area contributed by atoms with Crippen molar-refractivity contribution >= 4 is 17.3 Å². The molecular formula is C17H19N9O. The third-order valence-corrected chi connectivity index (χ3v) is 4.08. The Balaban J connectivity index is 1.56. The van der Waals surface area contributed by atoms with Crippen molar-refractivity contribution in [3.8, 4) is 11.3 Å². The first-order chi connectivity index (χ1) is 13.3. The number of pyridine rings is 1. The van der Waals surface area contributed by atoms with Gasteiger partial charge in [0.1, 0.15) is 5.65 Å². The average molecular weight is 365 g/mol. The number of hydrazine groups is 1. The second-order valence-electron chi connectivity index (χ2n) is 5.90. The number of nitrogens with two attached hydrogens (primary N) is 1. The molecule has 0 aromatic carbocycles. The highest BCUT2D eigenvalue weighted by molar-refractivity contribution is 5.65. The van der Waals surface area contributed by atoms with Crippen LogP contribution in [0.25, 0.3) is 16.9 Å². The molecule has 0 aliphatic carbocycles. The predicted molar refractivity (Wildman–Crippen MR) is 101 cm³/mol. The molecule has 0 fully saturated rings. The summed E-state index contributed by atoms with van der Waals surface area (Å²) in [6, 6.07) is 3.96. The zero-order valence-corrected chi connectivity index (χ0v) is 14.4. The Morgan fingerprint density at radius 1 is 1.11 bits per heavy atom. The fourth-order valence-electron chi connectivity index (χ4n) is 2.73. The zero-order valence-electron chi connectivity index (χ0n) is 14.4. The number of aliphatic hydroxyl groups excluding tert-OH is 1. The molecule has 0 atom stereocenters. The molecular weight excluding hydrogens is 346 g/mol. The number of hydrogen-bond acceptors (Lipinski definition) is 8. The monoisotopic (exact) mass is 365 g/mol. The summed E-state index contributed by atoms with van der Waals surface area (Å²) in [5.74, 6) is 6.55. The smallest absolute Gasteiger partial charge is 0.183 e. The Labute approximate surface area is 154 Å². The summed E-state index contributed by atoms with van der Waals surface area (Å²) < 4.78 is 3.61. The van der Waals surface area contributed by atoms with Crippen LogP contribution in [-0.4, -0.2) is 40.8 Å². The summed E-state index contributed by atoms with van der Waals surface area (Å²) in [5.41, 5.74) is 5.98. The van der Waals surface area contributed by atoms with Gasteiger partial charge in [-0.3, -0.25) is 4.68 Å². The standard InChI is InChI=1S/C17H19N9O/c18-24-17-16(20-7-12-1-2-15-19-3-4-25(15)10-12)23-14(9-21-17)13-8-22-26(11-13)5-6-27/h1-4,8-11,27H,5-7,18H2,(H,20,23)(H,21,24). The van der Waals surface area contributed by atoms with Gasteiger partial charge in [0.2, 0.25) is 0 Å². The van der Waals surface area contributed by atoms with Crippen molar-refractivity contribution in [1.29, 1.82) is 0 Å². The number of aliphatic hydroxyl groups is 1. The molecule has 0 aliphatic heterocycles. The van der Waals surface area contributed by atoms with Crippen LogP contribution < -0.4 is 16.6 Å². The maximum absolute atomic E-state index is 9.02. The van der Waals surface area contributed by atoms with Gasteiger partial charge in [-0.2, -0.15) is 5.10 Å². The van der Waals surface area contributed by atoms with Crippen molar-refractivity contribution in [1.82, 2.24) is 29.1 Å². The summed E-state index contributed by atoms with van der Waals surface area (Å²) in [4.78, 5) is 13.2. The van der Waals surface area contributed by atoms with E-state index >= 15 is 0 Å². The Bertz CT molecular complexity index is 1060. The first-order valence-electron chi connectivity index (χ1n) is 8.39. The molecule has 0 unspecified atom stereocenters. The first kappa shape index (κ1) is 16.9. The third-order valence-electron chi connectivity index (χ3n) is 4.08.